The van der Waals surface area contributed by atoms with Gasteiger partial charge in [0.15, 0.2) is 5.84 Å². The Labute approximate surface area is 177 Å². The largest absolute Gasteiger partial charge is 0.506 e. The van der Waals surface area contributed by atoms with Crippen molar-refractivity contribution in [2.24, 2.45) is 4.40 Å². The summed E-state index contributed by atoms with van der Waals surface area (Å²) < 4.78 is 26.5. The third kappa shape index (κ3) is 3.22. The second-order valence-corrected chi connectivity index (χ2v) is 8.59. The Morgan fingerprint density at radius 1 is 1.03 bits per heavy atom. The van der Waals surface area contributed by atoms with Crippen LogP contribution in [0.15, 0.2) is 81.2 Å². The summed E-state index contributed by atoms with van der Waals surface area (Å²) >= 11 is 0. The molecule has 0 saturated heterocycles. The number of fused-ring (bicyclic) bond motifs is 2. The highest BCUT2D eigenvalue weighted by Crippen LogP contribution is 2.55. The van der Waals surface area contributed by atoms with E-state index >= 15 is 0 Å². The first-order chi connectivity index (χ1) is 15.0. The van der Waals surface area contributed by atoms with E-state index in [1.54, 1.807) is 54.9 Å². The predicted molar refractivity (Wildman–Crippen MR) is 119 cm³/mol. The lowest BCUT2D eigenvalue weighted by molar-refractivity contribution is 0.477. The van der Waals surface area contributed by atoms with E-state index in [0.29, 0.717) is 16.7 Å². The summed E-state index contributed by atoms with van der Waals surface area (Å²) in [5, 5.41) is 14.2. The molecule has 31 heavy (non-hydrogen) atoms. The summed E-state index contributed by atoms with van der Waals surface area (Å²) in [7, 11) is -3.56. The molecule has 156 valence electrons. The van der Waals surface area contributed by atoms with Crippen LogP contribution in [0.1, 0.15) is 11.1 Å². The van der Waals surface area contributed by atoms with Crippen LogP contribution in [0.2, 0.25) is 0 Å². The smallest absolute Gasteiger partial charge is 0.267 e. The van der Waals surface area contributed by atoms with Crippen LogP contribution in [-0.2, 0) is 6.54 Å². The molecule has 4 heterocycles. The zero-order valence-electron chi connectivity index (χ0n) is 16.0. The van der Waals surface area contributed by atoms with Crippen LogP contribution in [0.3, 0.4) is 0 Å². The van der Waals surface area contributed by atoms with Crippen LogP contribution in [-0.4, -0.2) is 34.6 Å². The van der Waals surface area contributed by atoms with Gasteiger partial charge in [0.1, 0.15) is 21.9 Å². The number of benzene rings is 1. The topological polar surface area (TPSA) is 133 Å². The SMILES string of the molecule is O=c1c(C2=NS(O)(O)c3ccccc3N2)c(O)c2cccnc2n1Cc1cccnc1. The first-order valence-electron chi connectivity index (χ1n) is 9.30. The summed E-state index contributed by atoms with van der Waals surface area (Å²) in [5.74, 6) is -0.455. The molecule has 0 spiro atoms. The van der Waals surface area contributed by atoms with E-state index in [2.05, 4.69) is 19.7 Å². The number of pyridine rings is 3. The molecular weight excluding hydrogens is 418 g/mol. The molecule has 0 amide bonds. The molecule has 5 rings (SSSR count). The standard InChI is InChI=1S/C21H17N5O4S/c27-18-14-6-4-10-23-20(14)26(12-13-5-3-9-22-11-13)21(28)17(18)19-24-15-7-1-2-8-16(15)31(29,30)25-19/h1-11,27,29-30H,12H2,(H,24,25). The third-order valence-corrected chi connectivity index (χ3v) is 6.33. The van der Waals surface area contributed by atoms with Gasteiger partial charge in [0.2, 0.25) is 0 Å². The maximum absolute atomic E-state index is 13.5. The van der Waals surface area contributed by atoms with Crippen molar-refractivity contribution in [1.82, 2.24) is 14.5 Å². The van der Waals surface area contributed by atoms with Crippen molar-refractivity contribution >= 4 is 33.3 Å². The van der Waals surface area contributed by atoms with Gasteiger partial charge < -0.3 is 10.4 Å². The van der Waals surface area contributed by atoms with Gasteiger partial charge in [0, 0.05) is 18.6 Å². The molecule has 4 N–H and O–H groups in total. The fourth-order valence-electron chi connectivity index (χ4n) is 3.54. The van der Waals surface area contributed by atoms with Crippen molar-refractivity contribution in [2.75, 3.05) is 5.32 Å². The first-order valence-corrected chi connectivity index (χ1v) is 10.8. The lowest BCUT2D eigenvalue weighted by Gasteiger charge is -2.34. The van der Waals surface area contributed by atoms with Crippen molar-refractivity contribution in [3.8, 4) is 5.75 Å². The number of hydrogen-bond donors (Lipinski definition) is 4. The quantitative estimate of drug-likeness (QED) is 0.387. The number of nitrogens with one attached hydrogen (secondary N) is 1. The Morgan fingerprint density at radius 2 is 1.84 bits per heavy atom. The Balaban J connectivity index is 1.75. The normalized spacial score (nSPS) is 15.6. The van der Waals surface area contributed by atoms with E-state index in [1.807, 2.05) is 6.07 Å². The van der Waals surface area contributed by atoms with E-state index < -0.39 is 16.3 Å². The first kappa shape index (κ1) is 19.2. The van der Waals surface area contributed by atoms with Crippen molar-refractivity contribution in [2.45, 2.75) is 11.4 Å². The summed E-state index contributed by atoms with van der Waals surface area (Å²) in [4.78, 5) is 22.1. The van der Waals surface area contributed by atoms with Crippen LogP contribution in [0.4, 0.5) is 5.69 Å². The zero-order chi connectivity index (χ0) is 21.6. The predicted octanol–water partition coefficient (Wildman–Crippen LogP) is 3.44. The number of anilines is 1. The van der Waals surface area contributed by atoms with Crippen LogP contribution in [0.25, 0.3) is 11.0 Å². The number of rotatable bonds is 3. The molecule has 0 fully saturated rings. The number of hydrogen-bond acceptors (Lipinski definition) is 8. The maximum Gasteiger partial charge on any atom is 0.267 e. The van der Waals surface area contributed by atoms with Crippen LogP contribution in [0, 0.1) is 0 Å². The van der Waals surface area contributed by atoms with Gasteiger partial charge in [-0.1, -0.05) is 29.0 Å². The zero-order valence-corrected chi connectivity index (χ0v) is 16.8. The van der Waals surface area contributed by atoms with Gasteiger partial charge in [-0.2, -0.15) is 0 Å². The number of nitrogens with zero attached hydrogens (tertiary/aromatic N) is 4. The van der Waals surface area contributed by atoms with Gasteiger partial charge >= 0.3 is 0 Å². The number of para-hydroxylation sites is 1. The molecule has 0 radical (unpaired) electrons. The summed E-state index contributed by atoms with van der Waals surface area (Å²) in [6.45, 7) is 0.160. The third-order valence-electron chi connectivity index (χ3n) is 4.95. The highest BCUT2D eigenvalue weighted by atomic mass is 32.3. The fraction of sp³-hybridized carbons (Fsp3) is 0.0476. The molecule has 1 aromatic carbocycles. The molecule has 10 heteroatoms. The van der Waals surface area contributed by atoms with Crippen molar-refractivity contribution in [3.63, 3.8) is 0 Å². The molecule has 0 saturated carbocycles. The maximum atomic E-state index is 13.5. The van der Waals surface area contributed by atoms with E-state index in [1.165, 1.54) is 10.8 Å². The Hall–Kier alpha value is -3.73. The Kier molecular flexibility index (Phi) is 4.47. The monoisotopic (exact) mass is 435 g/mol. The Morgan fingerprint density at radius 3 is 2.65 bits per heavy atom. The summed E-state index contributed by atoms with van der Waals surface area (Å²) in [6.07, 6.45) is 4.80. The van der Waals surface area contributed by atoms with Crippen LogP contribution < -0.4 is 10.9 Å². The molecule has 0 atom stereocenters. The molecule has 1 aliphatic rings. The molecule has 0 unspecified atom stereocenters. The lowest BCUT2D eigenvalue weighted by Crippen LogP contribution is -2.32. The van der Waals surface area contributed by atoms with Gasteiger partial charge in [-0.3, -0.25) is 23.5 Å². The number of aromatic hydroxyl groups is 1. The highest BCUT2D eigenvalue weighted by Gasteiger charge is 2.30. The van der Waals surface area contributed by atoms with Crippen molar-refractivity contribution in [1.29, 1.82) is 0 Å². The minimum Gasteiger partial charge on any atom is -0.506 e. The van der Waals surface area contributed by atoms with Crippen molar-refractivity contribution < 1.29 is 14.2 Å². The van der Waals surface area contributed by atoms with Crippen LogP contribution in [0.5, 0.6) is 5.75 Å². The minimum atomic E-state index is -3.56. The second kappa shape index (κ2) is 7.20. The molecule has 0 bridgehead atoms. The molecule has 9 nitrogen and oxygen atoms in total. The molecule has 3 aromatic heterocycles. The van der Waals surface area contributed by atoms with Gasteiger partial charge in [0.25, 0.3) is 5.56 Å². The van der Waals surface area contributed by atoms with Crippen molar-refractivity contribution in [3.05, 3.63) is 88.6 Å². The Bertz CT molecular complexity index is 1400. The van der Waals surface area contributed by atoms with E-state index in [-0.39, 0.29) is 28.6 Å². The number of aromatic nitrogens is 3. The van der Waals surface area contributed by atoms with Gasteiger partial charge in [-0.05, 0) is 35.9 Å². The molecule has 4 aromatic rings. The molecule has 0 aliphatic carbocycles. The highest BCUT2D eigenvalue weighted by molar-refractivity contribution is 8.23. The summed E-state index contributed by atoms with van der Waals surface area (Å²) in [6, 6.07) is 13.4. The average Bonchev–Trinajstić information content (AvgIpc) is 2.77. The van der Waals surface area contributed by atoms with E-state index in [0.717, 1.165) is 5.56 Å². The second-order valence-electron chi connectivity index (χ2n) is 6.93. The molecular formula is C21H17N5O4S. The fourth-order valence-corrected chi connectivity index (χ4v) is 4.71. The lowest BCUT2D eigenvalue weighted by atomic mass is 10.1. The van der Waals surface area contributed by atoms with Gasteiger partial charge in [-0.25, -0.2) is 4.98 Å². The van der Waals surface area contributed by atoms with E-state index in [4.69, 9.17) is 0 Å². The van der Waals surface area contributed by atoms with Crippen LogP contribution >= 0.6 is 10.8 Å². The average molecular weight is 435 g/mol. The van der Waals surface area contributed by atoms with E-state index in [9.17, 15) is 19.0 Å². The molecule has 1 aliphatic heterocycles. The van der Waals surface area contributed by atoms with Gasteiger partial charge in [0.05, 0.1) is 17.6 Å². The van der Waals surface area contributed by atoms with Gasteiger partial charge in [-0.15, -0.1) is 4.40 Å². The number of amidine groups is 1. The summed E-state index contributed by atoms with van der Waals surface area (Å²) in [5.41, 5.74) is 0.714. The minimum absolute atomic E-state index is 0.119.